The van der Waals surface area contributed by atoms with Crippen molar-refractivity contribution in [1.82, 2.24) is 14.3 Å². The molecule has 3 aromatic carbocycles. The number of ether oxygens (including phenoxy) is 2. The second-order valence-corrected chi connectivity index (χ2v) is 15.1. The number of nitrogens with two attached hydrogens (primary N) is 1. The van der Waals surface area contributed by atoms with Gasteiger partial charge in [-0.1, -0.05) is 42.5 Å². The van der Waals surface area contributed by atoms with E-state index >= 15 is 0 Å². The Kier molecular flexibility index (Phi) is 10.1. The predicted octanol–water partition coefficient (Wildman–Crippen LogP) is 2.06. The van der Waals surface area contributed by atoms with E-state index in [1.807, 2.05) is 30.3 Å². The molecule has 44 heavy (non-hydrogen) atoms. The van der Waals surface area contributed by atoms with Gasteiger partial charge < -0.3 is 25.6 Å². The van der Waals surface area contributed by atoms with Crippen LogP contribution in [0.4, 0.5) is 0 Å². The largest absolute Gasteiger partial charge is 0.491 e. The number of rotatable bonds is 12. The van der Waals surface area contributed by atoms with E-state index in [1.54, 1.807) is 30.3 Å². The van der Waals surface area contributed by atoms with Gasteiger partial charge in [0.1, 0.15) is 18.5 Å². The first kappa shape index (κ1) is 32.5. The smallest absolute Gasteiger partial charge is 0.243 e. The zero-order chi connectivity index (χ0) is 31.4. The summed E-state index contributed by atoms with van der Waals surface area (Å²) in [7, 11) is -5.92. The van der Waals surface area contributed by atoms with Crippen LogP contribution >= 0.6 is 0 Å². The second kappa shape index (κ2) is 13.6. The van der Waals surface area contributed by atoms with E-state index in [2.05, 4.69) is 10.0 Å². The number of hydrogen-bond acceptors (Lipinski definition) is 9. The molecule has 0 amide bonds. The van der Waals surface area contributed by atoms with Crippen LogP contribution in [0.15, 0.2) is 82.6 Å². The molecule has 11 nitrogen and oxygen atoms in total. The number of sulfonamides is 2. The fourth-order valence-corrected chi connectivity index (χ4v) is 7.93. The fraction of sp³-hybridized carbons (Fsp3) is 0.419. The lowest BCUT2D eigenvalue weighted by molar-refractivity contribution is -0.0312. The maximum absolute atomic E-state index is 13.5. The molecular weight excluding hydrogens is 604 g/mol. The first-order chi connectivity index (χ1) is 21.0. The van der Waals surface area contributed by atoms with Gasteiger partial charge in [-0.15, -0.1) is 0 Å². The lowest BCUT2D eigenvalue weighted by Crippen LogP contribution is -2.47. The zero-order valence-electron chi connectivity index (χ0n) is 24.7. The van der Waals surface area contributed by atoms with Crippen LogP contribution < -0.4 is 20.5 Å². The fourth-order valence-electron chi connectivity index (χ4n) is 5.68. The molecular formula is C31H40N4O7S2. The van der Waals surface area contributed by atoms with Gasteiger partial charge in [-0.25, -0.2) is 21.6 Å². The first-order valence-electron chi connectivity index (χ1n) is 14.6. The molecule has 1 spiro atoms. The molecule has 2 fully saturated rings. The summed E-state index contributed by atoms with van der Waals surface area (Å²) in [5, 5.41) is 13.8. The molecule has 3 aromatic rings. The topological polar surface area (TPSA) is 160 Å². The van der Waals surface area contributed by atoms with Crippen LogP contribution in [-0.2, 0) is 31.3 Å². The summed E-state index contributed by atoms with van der Waals surface area (Å²) in [4.78, 5) is 0.354. The average molecular weight is 645 g/mol. The normalized spacial score (nSPS) is 19.7. The van der Waals surface area contributed by atoms with Crippen molar-refractivity contribution >= 4 is 20.0 Å². The Morgan fingerprint density at radius 2 is 1.70 bits per heavy atom. The van der Waals surface area contributed by atoms with Gasteiger partial charge >= 0.3 is 0 Å². The van der Waals surface area contributed by atoms with Crippen molar-refractivity contribution in [2.45, 2.75) is 53.3 Å². The van der Waals surface area contributed by atoms with E-state index in [-0.39, 0.29) is 29.0 Å². The highest BCUT2D eigenvalue weighted by atomic mass is 32.2. The Labute approximate surface area is 259 Å². The number of nitrogens with one attached hydrogen (secondary N) is 2. The molecule has 2 aliphatic heterocycles. The molecule has 0 aromatic heterocycles. The van der Waals surface area contributed by atoms with Crippen LogP contribution in [0.1, 0.15) is 24.8 Å². The Morgan fingerprint density at radius 3 is 2.41 bits per heavy atom. The number of aliphatic hydroxyl groups excluding tert-OH is 1. The summed E-state index contributed by atoms with van der Waals surface area (Å²) in [6, 6.07) is 20.9. The highest BCUT2D eigenvalue weighted by Gasteiger charge is 2.44. The zero-order valence-corrected chi connectivity index (χ0v) is 26.3. The Hall–Kier alpha value is -2.88. The molecule has 0 bridgehead atoms. The molecule has 5 N–H and O–H groups in total. The molecule has 2 saturated heterocycles. The van der Waals surface area contributed by atoms with Gasteiger partial charge in [0.2, 0.25) is 20.0 Å². The van der Waals surface area contributed by atoms with Crippen molar-refractivity contribution in [2.75, 3.05) is 39.9 Å². The molecule has 0 saturated carbocycles. The third-order valence-electron chi connectivity index (χ3n) is 8.31. The van der Waals surface area contributed by atoms with Crippen LogP contribution in [0, 0.1) is 0 Å². The van der Waals surface area contributed by atoms with E-state index in [9.17, 15) is 21.9 Å². The molecule has 5 rings (SSSR count). The van der Waals surface area contributed by atoms with Crippen LogP contribution in [0.25, 0.3) is 11.1 Å². The number of benzene rings is 3. The van der Waals surface area contributed by atoms with E-state index in [1.165, 1.54) is 23.5 Å². The van der Waals surface area contributed by atoms with Crippen molar-refractivity contribution in [3.63, 3.8) is 0 Å². The van der Waals surface area contributed by atoms with Crippen LogP contribution in [-0.4, -0.2) is 83.9 Å². The summed E-state index contributed by atoms with van der Waals surface area (Å²) in [6.45, 7) is 1.90. The number of piperidine rings is 1. The monoisotopic (exact) mass is 644 g/mol. The van der Waals surface area contributed by atoms with E-state index in [0.29, 0.717) is 51.3 Å². The Morgan fingerprint density at radius 1 is 1.00 bits per heavy atom. The summed E-state index contributed by atoms with van der Waals surface area (Å²) in [6.07, 6.45) is 1.06. The summed E-state index contributed by atoms with van der Waals surface area (Å²) in [5.74, 6) is 0.345. The summed E-state index contributed by atoms with van der Waals surface area (Å²) in [5.41, 5.74) is 8.07. The Bertz CT molecular complexity index is 1640. The van der Waals surface area contributed by atoms with Gasteiger partial charge in [-0.2, -0.15) is 4.31 Å². The minimum atomic E-state index is -3.67. The van der Waals surface area contributed by atoms with Gasteiger partial charge in [0, 0.05) is 38.3 Å². The molecule has 0 aliphatic carbocycles. The highest BCUT2D eigenvalue weighted by Crippen LogP contribution is 2.37. The molecule has 0 unspecified atom stereocenters. The minimum Gasteiger partial charge on any atom is -0.491 e. The van der Waals surface area contributed by atoms with Crippen LogP contribution in [0.2, 0.25) is 0 Å². The summed E-state index contributed by atoms with van der Waals surface area (Å²) >= 11 is 0. The molecule has 13 heteroatoms. The maximum atomic E-state index is 13.5. The maximum Gasteiger partial charge on any atom is 0.243 e. The quantitative estimate of drug-likeness (QED) is 0.231. The van der Waals surface area contributed by atoms with Crippen molar-refractivity contribution in [1.29, 1.82) is 0 Å². The second-order valence-electron chi connectivity index (χ2n) is 11.3. The lowest BCUT2D eigenvalue weighted by Gasteiger charge is -2.38. The molecule has 238 valence electrons. The molecule has 2 heterocycles. The molecule has 2 aliphatic rings. The lowest BCUT2D eigenvalue weighted by atomic mass is 9.88. The van der Waals surface area contributed by atoms with Crippen molar-refractivity contribution in [2.24, 2.45) is 5.73 Å². The third kappa shape index (κ3) is 7.49. The predicted molar refractivity (Wildman–Crippen MR) is 167 cm³/mol. The highest BCUT2D eigenvalue weighted by molar-refractivity contribution is 7.89. The van der Waals surface area contributed by atoms with Crippen molar-refractivity contribution in [3.8, 4) is 16.9 Å². The van der Waals surface area contributed by atoms with Crippen LogP contribution in [0.3, 0.4) is 0 Å². The van der Waals surface area contributed by atoms with Gasteiger partial charge in [0.25, 0.3) is 0 Å². The first-order valence-corrected chi connectivity index (χ1v) is 17.6. The van der Waals surface area contributed by atoms with Crippen LogP contribution in [0.5, 0.6) is 5.75 Å². The SMILES string of the molecule is CNS(=O)(=O)c1cccc(OC[C@@H](O)CN[C@@H]2COC3(CCN(S(=O)(=O)c4cccc(-c5ccc(CN)cc5)c4)CC3)C2)c1. The van der Waals surface area contributed by atoms with E-state index < -0.39 is 31.8 Å². The van der Waals surface area contributed by atoms with Crippen molar-refractivity contribution in [3.05, 3.63) is 78.4 Å². The van der Waals surface area contributed by atoms with Gasteiger partial charge in [-0.05, 0) is 67.3 Å². The standard InChI is InChI=1S/C31H40N4O7S2/c1-33-43(37,38)29-6-3-5-28(17-29)41-22-27(36)20-34-26-18-31(42-21-26)12-14-35(15-13-31)44(39,40)30-7-2-4-25(16-30)24-10-8-23(19-32)9-11-24/h2-11,16-17,26-27,33-34,36H,12-15,18-22,32H2,1H3/t26-,27-/m0/s1. The average Bonchev–Trinajstić information content (AvgIpc) is 3.45. The molecule has 0 radical (unpaired) electrons. The van der Waals surface area contributed by atoms with Crippen molar-refractivity contribution < 1.29 is 31.4 Å². The van der Waals surface area contributed by atoms with Gasteiger partial charge in [-0.3, -0.25) is 0 Å². The number of nitrogens with zero attached hydrogens (tertiary/aromatic N) is 1. The van der Waals surface area contributed by atoms with Gasteiger partial charge in [0.05, 0.1) is 22.0 Å². The van der Waals surface area contributed by atoms with Gasteiger partial charge in [0.15, 0.2) is 0 Å². The number of aliphatic hydroxyl groups is 1. The minimum absolute atomic E-state index is 0.0121. The van der Waals surface area contributed by atoms with E-state index in [4.69, 9.17) is 15.2 Å². The summed E-state index contributed by atoms with van der Waals surface area (Å²) < 4.78 is 66.7. The van der Waals surface area contributed by atoms with E-state index in [0.717, 1.165) is 16.7 Å². The number of hydrogen-bond donors (Lipinski definition) is 4. The third-order valence-corrected chi connectivity index (χ3v) is 11.6. The Balaban J connectivity index is 1.10. The molecule has 2 atom stereocenters.